The van der Waals surface area contributed by atoms with Crippen LogP contribution < -0.4 is 5.32 Å². The van der Waals surface area contributed by atoms with Crippen LogP contribution in [0, 0.1) is 0 Å². The Labute approximate surface area is 111 Å². The third kappa shape index (κ3) is 2.88. The van der Waals surface area contributed by atoms with E-state index in [9.17, 15) is 4.79 Å². The van der Waals surface area contributed by atoms with Crippen LogP contribution in [0.2, 0.25) is 0 Å². The van der Waals surface area contributed by atoms with E-state index in [1.165, 1.54) is 11.3 Å². The summed E-state index contributed by atoms with van der Waals surface area (Å²) in [6, 6.07) is -0.0890. The van der Waals surface area contributed by atoms with Gasteiger partial charge in [0.2, 0.25) is 0 Å². The minimum atomic E-state index is -0.149. The summed E-state index contributed by atoms with van der Waals surface area (Å²) in [4.78, 5) is 16.4. The van der Waals surface area contributed by atoms with Crippen LogP contribution in [0.1, 0.15) is 35.3 Å². The fourth-order valence-corrected chi connectivity index (χ4v) is 2.67. The van der Waals surface area contributed by atoms with Crippen molar-refractivity contribution >= 4 is 17.2 Å². The molecule has 0 saturated carbocycles. The maximum atomic E-state index is 12.0. The van der Waals surface area contributed by atoms with Crippen molar-refractivity contribution in [3.8, 4) is 0 Å². The van der Waals surface area contributed by atoms with E-state index in [1.54, 1.807) is 7.11 Å². The van der Waals surface area contributed by atoms with E-state index in [4.69, 9.17) is 9.47 Å². The SMILES string of the molecule is CO[C@H]1COC[C@@H]1NC(=O)c1nc(C(C)C)cs1. The lowest BCUT2D eigenvalue weighted by atomic mass is 10.2. The molecular weight excluding hydrogens is 252 g/mol. The maximum Gasteiger partial charge on any atom is 0.280 e. The van der Waals surface area contributed by atoms with Crippen molar-refractivity contribution < 1.29 is 14.3 Å². The number of nitrogens with one attached hydrogen (secondary N) is 1. The molecule has 0 unspecified atom stereocenters. The lowest BCUT2D eigenvalue weighted by Gasteiger charge is -2.16. The van der Waals surface area contributed by atoms with E-state index < -0.39 is 0 Å². The normalized spacial score (nSPS) is 23.6. The Hall–Kier alpha value is -0.980. The first-order chi connectivity index (χ1) is 8.61. The Morgan fingerprint density at radius 1 is 1.61 bits per heavy atom. The molecule has 1 aromatic heterocycles. The van der Waals surface area contributed by atoms with E-state index in [2.05, 4.69) is 24.1 Å². The summed E-state index contributed by atoms with van der Waals surface area (Å²) in [7, 11) is 1.62. The van der Waals surface area contributed by atoms with Gasteiger partial charge in [-0.25, -0.2) is 4.98 Å². The fourth-order valence-electron chi connectivity index (χ4n) is 1.79. The van der Waals surface area contributed by atoms with Gasteiger partial charge in [0.05, 0.1) is 24.9 Å². The summed E-state index contributed by atoms with van der Waals surface area (Å²) in [6.45, 7) is 5.13. The van der Waals surface area contributed by atoms with Gasteiger partial charge in [0.1, 0.15) is 6.10 Å². The molecule has 1 aliphatic rings. The highest BCUT2D eigenvalue weighted by Gasteiger charge is 2.30. The Morgan fingerprint density at radius 2 is 2.39 bits per heavy atom. The number of thiazole rings is 1. The van der Waals surface area contributed by atoms with Crippen molar-refractivity contribution in [3.63, 3.8) is 0 Å². The zero-order valence-corrected chi connectivity index (χ0v) is 11.6. The molecule has 1 amide bonds. The average Bonchev–Trinajstić information content (AvgIpc) is 2.96. The molecule has 1 saturated heterocycles. The first-order valence-corrected chi connectivity index (χ1v) is 6.86. The van der Waals surface area contributed by atoms with Crippen LogP contribution in [-0.4, -0.2) is 43.4 Å². The molecule has 18 heavy (non-hydrogen) atoms. The molecule has 5 nitrogen and oxygen atoms in total. The van der Waals surface area contributed by atoms with E-state index in [-0.39, 0.29) is 18.1 Å². The third-order valence-corrected chi connectivity index (χ3v) is 3.81. The summed E-state index contributed by atoms with van der Waals surface area (Å²) >= 11 is 1.37. The van der Waals surface area contributed by atoms with Crippen molar-refractivity contribution in [1.29, 1.82) is 0 Å². The number of hydrogen-bond acceptors (Lipinski definition) is 5. The zero-order valence-electron chi connectivity index (χ0n) is 10.8. The number of amides is 1. The Kier molecular flexibility index (Phi) is 4.31. The second kappa shape index (κ2) is 5.77. The number of methoxy groups -OCH3 is 1. The second-order valence-electron chi connectivity index (χ2n) is 4.62. The van der Waals surface area contributed by atoms with Crippen molar-refractivity contribution in [2.75, 3.05) is 20.3 Å². The van der Waals surface area contributed by atoms with Crippen molar-refractivity contribution in [2.45, 2.75) is 31.9 Å². The van der Waals surface area contributed by atoms with Crippen LogP contribution in [0.5, 0.6) is 0 Å². The smallest absolute Gasteiger partial charge is 0.280 e. The summed E-state index contributed by atoms with van der Waals surface area (Å²) in [5.41, 5.74) is 0.955. The number of nitrogens with zero attached hydrogens (tertiary/aromatic N) is 1. The lowest BCUT2D eigenvalue weighted by Crippen LogP contribution is -2.43. The molecule has 1 aromatic rings. The van der Waals surface area contributed by atoms with Gasteiger partial charge in [0.15, 0.2) is 5.01 Å². The zero-order chi connectivity index (χ0) is 13.1. The highest BCUT2D eigenvalue weighted by Crippen LogP contribution is 2.18. The summed E-state index contributed by atoms with van der Waals surface area (Å²) < 4.78 is 10.5. The molecule has 0 bridgehead atoms. The van der Waals surface area contributed by atoms with Gasteiger partial charge < -0.3 is 14.8 Å². The number of hydrogen-bond donors (Lipinski definition) is 1. The number of ether oxygens (including phenoxy) is 2. The Morgan fingerprint density at radius 3 is 3.00 bits per heavy atom. The van der Waals surface area contributed by atoms with Gasteiger partial charge in [-0.05, 0) is 5.92 Å². The van der Waals surface area contributed by atoms with Gasteiger partial charge in [-0.3, -0.25) is 4.79 Å². The molecule has 2 atom stereocenters. The van der Waals surface area contributed by atoms with E-state index >= 15 is 0 Å². The Balaban J connectivity index is 1.98. The summed E-state index contributed by atoms with van der Waals surface area (Å²) in [6.07, 6.45) is -0.0709. The quantitative estimate of drug-likeness (QED) is 0.898. The monoisotopic (exact) mass is 270 g/mol. The average molecular weight is 270 g/mol. The third-order valence-electron chi connectivity index (χ3n) is 2.96. The Bertz CT molecular complexity index is 419. The largest absolute Gasteiger partial charge is 0.377 e. The highest BCUT2D eigenvalue weighted by atomic mass is 32.1. The van der Waals surface area contributed by atoms with Crippen LogP contribution >= 0.6 is 11.3 Å². The van der Waals surface area contributed by atoms with E-state index in [1.807, 2.05) is 5.38 Å². The van der Waals surface area contributed by atoms with Gasteiger partial charge in [-0.1, -0.05) is 13.8 Å². The van der Waals surface area contributed by atoms with Gasteiger partial charge in [0, 0.05) is 12.5 Å². The summed E-state index contributed by atoms with van der Waals surface area (Å²) in [5.74, 6) is 0.189. The first kappa shape index (κ1) is 13.5. The van der Waals surface area contributed by atoms with Crippen LogP contribution in [0.4, 0.5) is 0 Å². The molecular formula is C12H18N2O3S. The molecule has 0 aliphatic carbocycles. The van der Waals surface area contributed by atoms with Crippen LogP contribution in [0.15, 0.2) is 5.38 Å². The van der Waals surface area contributed by atoms with Gasteiger partial charge in [-0.15, -0.1) is 11.3 Å². The molecule has 6 heteroatoms. The predicted molar refractivity (Wildman–Crippen MR) is 69.1 cm³/mol. The number of rotatable bonds is 4. The number of carbonyl (C=O) groups is 1. The minimum absolute atomic E-state index is 0.0709. The topological polar surface area (TPSA) is 60.5 Å². The maximum absolute atomic E-state index is 12.0. The van der Waals surface area contributed by atoms with Crippen molar-refractivity contribution in [3.05, 3.63) is 16.1 Å². The lowest BCUT2D eigenvalue weighted by molar-refractivity contribution is 0.0685. The van der Waals surface area contributed by atoms with Gasteiger partial charge in [0.25, 0.3) is 5.91 Å². The first-order valence-electron chi connectivity index (χ1n) is 5.98. The second-order valence-corrected chi connectivity index (χ2v) is 5.48. The molecule has 0 radical (unpaired) electrons. The number of aromatic nitrogens is 1. The van der Waals surface area contributed by atoms with E-state index in [0.29, 0.717) is 24.1 Å². The molecule has 0 spiro atoms. The molecule has 2 heterocycles. The molecule has 1 N–H and O–H groups in total. The van der Waals surface area contributed by atoms with Crippen LogP contribution in [0.25, 0.3) is 0 Å². The highest BCUT2D eigenvalue weighted by molar-refractivity contribution is 7.11. The fraction of sp³-hybridized carbons (Fsp3) is 0.667. The molecule has 0 aromatic carbocycles. The van der Waals surface area contributed by atoms with E-state index in [0.717, 1.165) is 5.69 Å². The van der Waals surface area contributed by atoms with Crippen LogP contribution in [-0.2, 0) is 9.47 Å². The molecule has 1 fully saturated rings. The van der Waals surface area contributed by atoms with Gasteiger partial charge >= 0.3 is 0 Å². The predicted octanol–water partition coefficient (Wildman–Crippen LogP) is 1.41. The summed E-state index contributed by atoms with van der Waals surface area (Å²) in [5, 5.41) is 5.34. The van der Waals surface area contributed by atoms with Crippen molar-refractivity contribution in [1.82, 2.24) is 10.3 Å². The molecule has 100 valence electrons. The van der Waals surface area contributed by atoms with Gasteiger partial charge in [-0.2, -0.15) is 0 Å². The van der Waals surface area contributed by atoms with Crippen molar-refractivity contribution in [2.24, 2.45) is 0 Å². The standard InChI is InChI=1S/C12H18N2O3S/c1-7(2)9-6-18-12(14-9)11(15)13-8-4-17-5-10(8)16-3/h6-8,10H,4-5H2,1-3H3,(H,13,15)/t8-,10-/m0/s1. The number of carbonyl (C=O) groups excluding carboxylic acids is 1. The molecule has 1 aliphatic heterocycles. The minimum Gasteiger partial charge on any atom is -0.377 e. The molecule has 2 rings (SSSR count). The van der Waals surface area contributed by atoms with Crippen LogP contribution in [0.3, 0.4) is 0 Å².